The molecule has 0 fully saturated rings. The van der Waals surface area contributed by atoms with E-state index in [0.717, 1.165) is 0 Å². The number of hydrogen-bond donors (Lipinski definition) is 0. The van der Waals surface area contributed by atoms with Crippen LogP contribution in [0, 0.1) is 0 Å². The van der Waals surface area contributed by atoms with E-state index in [1.807, 2.05) is 0 Å². The van der Waals surface area contributed by atoms with Gasteiger partial charge in [0.2, 0.25) is 0 Å². The summed E-state index contributed by atoms with van der Waals surface area (Å²) < 4.78 is 32.8. The summed E-state index contributed by atoms with van der Waals surface area (Å²) in [6.45, 7) is -0.267. The first-order valence-electron chi connectivity index (χ1n) is 4.65. The molecule has 0 radical (unpaired) electrons. The van der Waals surface area contributed by atoms with Crippen LogP contribution >= 0.6 is 11.6 Å². The van der Waals surface area contributed by atoms with Gasteiger partial charge < -0.3 is 9.47 Å². The first-order chi connectivity index (χ1) is 7.95. The fourth-order valence-corrected chi connectivity index (χ4v) is 2.30. The van der Waals surface area contributed by atoms with Crippen LogP contribution in [-0.2, 0) is 14.6 Å². The van der Waals surface area contributed by atoms with Crippen molar-refractivity contribution in [2.45, 2.75) is 4.90 Å². The number of ether oxygens (including phenoxy) is 2. The molecule has 0 saturated heterocycles. The molecule has 1 rings (SSSR count). The molecule has 1 aromatic carbocycles. The van der Waals surface area contributed by atoms with Crippen molar-refractivity contribution in [2.75, 3.05) is 19.5 Å². The molecule has 0 N–H and O–H groups in total. The summed E-state index contributed by atoms with van der Waals surface area (Å²) in [5.41, 5.74) is -1.02. The van der Waals surface area contributed by atoms with Crippen LogP contribution in [0.3, 0.4) is 0 Å². The molecule has 0 unspecified atom stereocenters. The van der Waals surface area contributed by atoms with Crippen LogP contribution in [0.4, 0.5) is 4.79 Å². The Morgan fingerprint density at radius 2 is 1.88 bits per heavy atom. The van der Waals surface area contributed by atoms with Gasteiger partial charge in [0.15, 0.2) is 9.84 Å². The highest BCUT2D eigenvalue weighted by Gasteiger charge is 2.15. The van der Waals surface area contributed by atoms with Gasteiger partial charge in [-0.3, -0.25) is 0 Å². The van der Waals surface area contributed by atoms with Gasteiger partial charge in [0.05, 0.1) is 17.8 Å². The lowest BCUT2D eigenvalue weighted by atomic mass is 10.3. The largest absolute Gasteiger partial charge is 0.497 e. The van der Waals surface area contributed by atoms with Crippen molar-refractivity contribution in [3.8, 4) is 5.75 Å². The average Bonchev–Trinajstić information content (AvgIpc) is 2.28. The summed E-state index contributed by atoms with van der Waals surface area (Å²) in [6.07, 6.45) is 0. The molecule has 0 saturated carbocycles. The third-order valence-corrected chi connectivity index (χ3v) is 3.79. The van der Waals surface area contributed by atoms with Crippen LogP contribution in [0.1, 0.15) is 0 Å². The zero-order valence-electron chi connectivity index (χ0n) is 9.05. The fraction of sp³-hybridized carbons (Fsp3) is 0.300. The lowest BCUT2D eigenvalue weighted by Gasteiger charge is -2.05. The summed E-state index contributed by atoms with van der Waals surface area (Å²) in [6, 6.07) is 5.94. The lowest BCUT2D eigenvalue weighted by Crippen LogP contribution is -2.13. The molecular weight excluding hydrogens is 268 g/mol. The van der Waals surface area contributed by atoms with E-state index in [-0.39, 0.29) is 17.3 Å². The number of carbonyl (C=O) groups is 1. The molecule has 94 valence electrons. The summed E-state index contributed by atoms with van der Waals surface area (Å²) in [5, 5.41) is 0. The number of halogens is 1. The molecule has 0 heterocycles. The van der Waals surface area contributed by atoms with E-state index in [4.69, 9.17) is 16.3 Å². The maximum absolute atomic E-state index is 11.7. The lowest BCUT2D eigenvalue weighted by molar-refractivity contribution is 0.180. The Morgan fingerprint density at radius 1 is 1.29 bits per heavy atom. The van der Waals surface area contributed by atoms with Crippen molar-refractivity contribution >= 4 is 26.9 Å². The van der Waals surface area contributed by atoms with Crippen molar-refractivity contribution in [3.63, 3.8) is 0 Å². The minimum atomic E-state index is -3.47. The first-order valence-corrected chi connectivity index (χ1v) is 6.68. The fourth-order valence-electron chi connectivity index (χ4n) is 1.13. The van der Waals surface area contributed by atoms with E-state index in [0.29, 0.717) is 5.75 Å². The maximum atomic E-state index is 11.7. The second-order valence-electron chi connectivity index (χ2n) is 3.08. The smallest absolute Gasteiger partial charge is 0.403 e. The highest BCUT2D eigenvalue weighted by Crippen LogP contribution is 2.16. The molecule has 0 aliphatic carbocycles. The number of sulfone groups is 1. The molecule has 0 bridgehead atoms. The number of methoxy groups -OCH3 is 1. The monoisotopic (exact) mass is 278 g/mol. The Bertz CT molecular complexity index is 480. The van der Waals surface area contributed by atoms with Crippen molar-refractivity contribution in [2.24, 2.45) is 0 Å². The highest BCUT2D eigenvalue weighted by molar-refractivity contribution is 7.91. The van der Waals surface area contributed by atoms with Gasteiger partial charge in [0.1, 0.15) is 12.4 Å². The normalized spacial score (nSPS) is 10.9. The van der Waals surface area contributed by atoms with Gasteiger partial charge in [-0.1, -0.05) is 0 Å². The third-order valence-electron chi connectivity index (χ3n) is 1.99. The molecule has 0 aliphatic heterocycles. The van der Waals surface area contributed by atoms with Gasteiger partial charge in [-0.15, -0.1) is 0 Å². The Kier molecular flexibility index (Phi) is 4.77. The topological polar surface area (TPSA) is 69.7 Å². The second-order valence-corrected chi connectivity index (χ2v) is 5.50. The summed E-state index contributed by atoms with van der Waals surface area (Å²) in [5.74, 6) is 0.258. The number of carbonyl (C=O) groups excluding carboxylic acids is 1. The van der Waals surface area contributed by atoms with Gasteiger partial charge >= 0.3 is 5.43 Å². The summed E-state index contributed by atoms with van der Waals surface area (Å²) in [4.78, 5) is 10.4. The van der Waals surface area contributed by atoms with Gasteiger partial charge in [-0.2, -0.15) is 0 Å². The van der Waals surface area contributed by atoms with Crippen LogP contribution in [0.25, 0.3) is 0 Å². The van der Waals surface area contributed by atoms with Gasteiger partial charge in [0, 0.05) is 11.6 Å². The molecule has 17 heavy (non-hydrogen) atoms. The molecule has 0 amide bonds. The van der Waals surface area contributed by atoms with Crippen LogP contribution in [-0.4, -0.2) is 33.3 Å². The van der Waals surface area contributed by atoms with Crippen LogP contribution < -0.4 is 4.74 Å². The third kappa shape index (κ3) is 4.24. The first kappa shape index (κ1) is 13.8. The van der Waals surface area contributed by atoms with E-state index in [1.54, 1.807) is 12.1 Å². The van der Waals surface area contributed by atoms with Crippen molar-refractivity contribution in [1.82, 2.24) is 0 Å². The van der Waals surface area contributed by atoms with Crippen LogP contribution in [0.5, 0.6) is 5.75 Å². The van der Waals surface area contributed by atoms with Crippen molar-refractivity contribution in [3.05, 3.63) is 24.3 Å². The molecule has 0 aliphatic rings. The Labute approximate surface area is 104 Å². The molecule has 7 heteroatoms. The molecule has 0 atom stereocenters. The predicted octanol–water partition coefficient (Wildman–Crippen LogP) is 1.84. The van der Waals surface area contributed by atoms with Crippen molar-refractivity contribution < 1.29 is 22.7 Å². The number of benzene rings is 1. The van der Waals surface area contributed by atoms with Gasteiger partial charge in [0.25, 0.3) is 0 Å². The quantitative estimate of drug-likeness (QED) is 0.769. The highest BCUT2D eigenvalue weighted by atomic mass is 35.5. The molecular formula is C10H11ClO5S. The maximum Gasteiger partial charge on any atom is 0.403 e. The van der Waals surface area contributed by atoms with E-state index in [1.165, 1.54) is 19.2 Å². The Morgan fingerprint density at radius 3 is 2.35 bits per heavy atom. The number of rotatable bonds is 5. The SMILES string of the molecule is COc1ccc(S(=O)(=O)CCOC(=O)Cl)cc1. The van der Waals surface area contributed by atoms with E-state index < -0.39 is 15.3 Å². The van der Waals surface area contributed by atoms with E-state index in [9.17, 15) is 13.2 Å². The predicted molar refractivity (Wildman–Crippen MR) is 62.2 cm³/mol. The Balaban J connectivity index is 2.72. The second kappa shape index (κ2) is 5.88. The molecule has 0 aromatic heterocycles. The average molecular weight is 279 g/mol. The van der Waals surface area contributed by atoms with Gasteiger partial charge in [-0.05, 0) is 24.3 Å². The van der Waals surface area contributed by atoms with Crippen molar-refractivity contribution in [1.29, 1.82) is 0 Å². The molecule has 5 nitrogen and oxygen atoms in total. The Hall–Kier alpha value is -1.27. The molecule has 0 spiro atoms. The summed E-state index contributed by atoms with van der Waals surface area (Å²) >= 11 is 4.92. The zero-order chi connectivity index (χ0) is 12.9. The summed E-state index contributed by atoms with van der Waals surface area (Å²) in [7, 11) is -1.98. The van der Waals surface area contributed by atoms with E-state index in [2.05, 4.69) is 4.74 Å². The number of hydrogen-bond acceptors (Lipinski definition) is 5. The van der Waals surface area contributed by atoms with Gasteiger partial charge in [-0.25, -0.2) is 13.2 Å². The standard InChI is InChI=1S/C10H11ClO5S/c1-15-8-2-4-9(5-3-8)17(13,14)7-6-16-10(11)12/h2-5H,6-7H2,1H3. The van der Waals surface area contributed by atoms with Crippen LogP contribution in [0.2, 0.25) is 0 Å². The molecule has 1 aromatic rings. The van der Waals surface area contributed by atoms with Crippen LogP contribution in [0.15, 0.2) is 29.2 Å². The van der Waals surface area contributed by atoms with E-state index >= 15 is 0 Å². The minimum Gasteiger partial charge on any atom is -0.497 e. The zero-order valence-corrected chi connectivity index (χ0v) is 10.6. The minimum absolute atomic E-state index is 0.143.